The zero-order chi connectivity index (χ0) is 25.3. The lowest BCUT2D eigenvalue weighted by atomic mass is 9.96. The molecule has 4 aromatic rings. The number of hydrogen-bond donors (Lipinski definition) is 0. The van der Waals surface area contributed by atoms with E-state index in [-0.39, 0.29) is 17.6 Å². The summed E-state index contributed by atoms with van der Waals surface area (Å²) in [6, 6.07) is 7.12. The molecule has 0 aliphatic heterocycles. The second kappa shape index (κ2) is 6.49. The molecule has 4 rings (SSSR count). The van der Waals surface area contributed by atoms with Crippen LogP contribution in [0.3, 0.4) is 0 Å². The van der Waals surface area contributed by atoms with Crippen molar-refractivity contribution in [2.24, 2.45) is 7.05 Å². The molecule has 140 valence electrons. The lowest BCUT2D eigenvalue weighted by Crippen LogP contribution is -2.35. The Morgan fingerprint density at radius 3 is 2.68 bits per heavy atom. The van der Waals surface area contributed by atoms with Crippen LogP contribution in [0, 0.1) is 27.3 Å². The molecule has 0 fully saturated rings. The van der Waals surface area contributed by atoms with Crippen LogP contribution in [0.15, 0.2) is 40.8 Å². The van der Waals surface area contributed by atoms with Gasteiger partial charge >= 0.3 is 0 Å². The topological polar surface area (TPSA) is 21.4 Å². The van der Waals surface area contributed by atoms with E-state index in [9.17, 15) is 0 Å². The summed E-state index contributed by atoms with van der Waals surface area (Å²) in [5.74, 6) is -2.15. The Morgan fingerprint density at radius 2 is 1.96 bits per heavy atom. The minimum Gasteiger partial charge on any atom is -0.455 e. The van der Waals surface area contributed by atoms with Crippen LogP contribution in [0.4, 0.5) is 5.69 Å². The second-order valence-electron chi connectivity index (χ2n) is 7.23. The van der Waals surface area contributed by atoms with E-state index in [2.05, 4.69) is 4.85 Å². The summed E-state index contributed by atoms with van der Waals surface area (Å²) in [6.45, 7) is 11.4. The van der Waals surface area contributed by atoms with Crippen molar-refractivity contribution < 1.29 is 17.2 Å². The van der Waals surface area contributed by atoms with Crippen molar-refractivity contribution in [3.8, 4) is 11.3 Å². The standard InChI is InChI=1S/C25H25N2O/c1-14(2)18-11-17(5)27(7)22(12-18)24-15(3)8-9-19-20-13-21(26-6)16(4)10-23(20)28-25(19)24/h8-14H,1-5,7H3/q+1/i1D3,11D,12D,14D. The Hall–Kier alpha value is -3.12. The fourth-order valence-corrected chi connectivity index (χ4v) is 3.57. The number of nitrogens with zero attached hydrogens (tertiary/aromatic N) is 2. The van der Waals surface area contributed by atoms with Gasteiger partial charge in [-0.1, -0.05) is 25.9 Å². The highest BCUT2D eigenvalue weighted by Crippen LogP contribution is 2.39. The van der Waals surface area contributed by atoms with Gasteiger partial charge in [-0.05, 0) is 48.6 Å². The Kier molecular flexibility index (Phi) is 2.87. The molecule has 2 aromatic carbocycles. The molecule has 0 radical (unpaired) electrons. The number of fused-ring (bicyclic) bond motifs is 3. The third kappa shape index (κ3) is 2.68. The number of rotatable bonds is 2. The van der Waals surface area contributed by atoms with Crippen molar-refractivity contribution in [1.82, 2.24) is 0 Å². The van der Waals surface area contributed by atoms with Crippen molar-refractivity contribution in [3.63, 3.8) is 0 Å². The Labute approximate surface area is 174 Å². The lowest BCUT2D eigenvalue weighted by molar-refractivity contribution is -0.666. The summed E-state index contributed by atoms with van der Waals surface area (Å²) in [6.07, 6.45) is 0. The summed E-state index contributed by atoms with van der Waals surface area (Å²) < 4.78 is 57.9. The zero-order valence-electron chi connectivity index (χ0n) is 22.6. The molecule has 28 heavy (non-hydrogen) atoms. The van der Waals surface area contributed by atoms with Gasteiger partial charge in [0, 0.05) is 35.3 Å². The molecule has 2 heterocycles. The first kappa shape index (κ1) is 12.4. The molecule has 0 saturated carbocycles. The molecule has 1 atom stereocenters. The van der Waals surface area contributed by atoms with Crippen LogP contribution in [0.1, 0.15) is 50.3 Å². The normalized spacial score (nSPS) is 17.1. The van der Waals surface area contributed by atoms with Gasteiger partial charge in [-0.15, -0.1) is 0 Å². The largest absolute Gasteiger partial charge is 0.455 e. The number of aromatic nitrogens is 1. The molecular weight excluding hydrogens is 344 g/mol. The van der Waals surface area contributed by atoms with E-state index in [4.69, 9.17) is 19.2 Å². The fraction of sp³-hybridized carbons (Fsp3) is 0.280. The van der Waals surface area contributed by atoms with Crippen LogP contribution < -0.4 is 4.57 Å². The molecule has 3 heteroatoms. The number of furan rings is 1. The molecule has 0 aliphatic carbocycles. The van der Waals surface area contributed by atoms with Gasteiger partial charge in [0.15, 0.2) is 11.4 Å². The Balaban J connectivity index is 2.18. The molecule has 1 unspecified atom stereocenters. The first-order valence-corrected chi connectivity index (χ1v) is 9.07. The maximum absolute atomic E-state index is 9.01. The first-order valence-electron chi connectivity index (χ1n) is 12.1. The molecule has 2 aromatic heterocycles. The summed E-state index contributed by atoms with van der Waals surface area (Å²) in [5.41, 5.74) is 4.56. The molecular formula is C25H25N2O+. The lowest BCUT2D eigenvalue weighted by Gasteiger charge is -2.11. The smallest absolute Gasteiger partial charge is 0.216 e. The predicted molar refractivity (Wildman–Crippen MR) is 115 cm³/mol. The highest BCUT2D eigenvalue weighted by Gasteiger charge is 2.23. The molecule has 0 N–H and O–H groups in total. The van der Waals surface area contributed by atoms with E-state index < -0.39 is 12.7 Å². The third-order valence-electron chi connectivity index (χ3n) is 5.29. The monoisotopic (exact) mass is 375 g/mol. The molecule has 0 aliphatic rings. The van der Waals surface area contributed by atoms with Gasteiger partial charge in [-0.2, -0.15) is 4.57 Å². The van der Waals surface area contributed by atoms with Gasteiger partial charge in [0.05, 0.1) is 14.9 Å². The minimum atomic E-state index is -2.73. The van der Waals surface area contributed by atoms with Gasteiger partial charge in [0.25, 0.3) is 0 Å². The number of benzene rings is 2. The van der Waals surface area contributed by atoms with Crippen molar-refractivity contribution in [1.29, 1.82) is 0 Å². The average Bonchev–Trinajstić information content (AvgIpc) is 3.09. The molecule has 3 nitrogen and oxygen atoms in total. The second-order valence-corrected chi connectivity index (χ2v) is 7.23. The van der Waals surface area contributed by atoms with Crippen LogP contribution in [-0.4, -0.2) is 0 Å². The summed E-state index contributed by atoms with van der Waals surface area (Å²) in [4.78, 5) is 3.60. The van der Waals surface area contributed by atoms with Gasteiger partial charge in [-0.3, -0.25) is 0 Å². The van der Waals surface area contributed by atoms with Crippen molar-refractivity contribution in [2.75, 3.05) is 0 Å². The predicted octanol–water partition coefficient (Wildman–Crippen LogP) is 6.68. The van der Waals surface area contributed by atoms with E-state index in [1.807, 2.05) is 32.0 Å². The van der Waals surface area contributed by atoms with Crippen LogP contribution in [0.5, 0.6) is 0 Å². The quantitative estimate of drug-likeness (QED) is 0.283. The summed E-state index contributed by atoms with van der Waals surface area (Å²) >= 11 is 0. The third-order valence-corrected chi connectivity index (χ3v) is 5.29. The zero-order valence-corrected chi connectivity index (χ0v) is 16.6. The molecule has 0 bridgehead atoms. The summed E-state index contributed by atoms with van der Waals surface area (Å²) in [7, 11) is 1.73. The SMILES string of the molecule is [2H]c1c(C([2H])(C)C([2H])([2H])[2H])c([2H])c(-c2c(C)ccc3c2oc2cc(C)c([N+]#[C-])cc23)[n+](C)c1C. The van der Waals surface area contributed by atoms with Crippen molar-refractivity contribution >= 4 is 27.6 Å². The van der Waals surface area contributed by atoms with Crippen molar-refractivity contribution in [2.45, 2.75) is 40.4 Å². The van der Waals surface area contributed by atoms with E-state index >= 15 is 0 Å². The van der Waals surface area contributed by atoms with Crippen LogP contribution >= 0.6 is 0 Å². The Morgan fingerprint density at radius 1 is 1.18 bits per heavy atom. The van der Waals surface area contributed by atoms with E-state index in [0.29, 0.717) is 33.8 Å². The molecule has 0 saturated heterocycles. The van der Waals surface area contributed by atoms with Gasteiger partial charge in [0.2, 0.25) is 5.69 Å². The maximum atomic E-state index is 9.01. The first-order chi connectivity index (χ1) is 15.7. The fourth-order valence-electron chi connectivity index (χ4n) is 3.57. The van der Waals surface area contributed by atoms with Crippen molar-refractivity contribution in [3.05, 3.63) is 70.2 Å². The van der Waals surface area contributed by atoms with Crippen LogP contribution in [0.25, 0.3) is 38.0 Å². The Bertz CT molecular complexity index is 1540. The maximum Gasteiger partial charge on any atom is 0.216 e. The average molecular weight is 376 g/mol. The van der Waals surface area contributed by atoms with E-state index in [1.165, 1.54) is 6.92 Å². The number of pyridine rings is 1. The molecule has 0 amide bonds. The minimum absolute atomic E-state index is 0.128. The number of aryl methyl sites for hydroxylation is 2. The van der Waals surface area contributed by atoms with Gasteiger partial charge in [0.1, 0.15) is 18.2 Å². The van der Waals surface area contributed by atoms with Crippen LogP contribution in [-0.2, 0) is 7.05 Å². The summed E-state index contributed by atoms with van der Waals surface area (Å²) in [5, 5.41) is 1.56. The van der Waals surface area contributed by atoms with E-state index in [0.717, 1.165) is 21.9 Å². The van der Waals surface area contributed by atoms with Gasteiger partial charge < -0.3 is 4.42 Å². The van der Waals surface area contributed by atoms with Crippen LogP contribution in [0.2, 0.25) is 0 Å². The number of hydrogen-bond acceptors (Lipinski definition) is 1. The van der Waals surface area contributed by atoms with Gasteiger partial charge in [-0.25, -0.2) is 4.85 Å². The van der Waals surface area contributed by atoms with E-state index in [1.54, 1.807) is 24.6 Å². The molecule has 0 spiro atoms. The highest BCUT2D eigenvalue weighted by molar-refractivity contribution is 6.10. The highest BCUT2D eigenvalue weighted by atomic mass is 16.3.